The zero-order chi connectivity index (χ0) is 12.6. The predicted molar refractivity (Wildman–Crippen MR) is 63.5 cm³/mol. The van der Waals surface area contributed by atoms with Crippen molar-refractivity contribution in [2.24, 2.45) is 5.92 Å². The number of hydrogen-bond acceptors (Lipinski definition) is 4. The average molecular weight is 242 g/mol. The van der Waals surface area contributed by atoms with Crippen molar-refractivity contribution < 1.29 is 19.3 Å². The second kappa shape index (κ2) is 4.69. The Hall–Kier alpha value is -0.420. The van der Waals surface area contributed by atoms with Gasteiger partial charge < -0.3 is 19.3 Å². The zero-order valence-corrected chi connectivity index (χ0v) is 10.9. The molecule has 0 aromatic rings. The Labute approximate surface area is 103 Å². The fourth-order valence-electron chi connectivity index (χ4n) is 2.14. The van der Waals surface area contributed by atoms with E-state index in [2.05, 4.69) is 19.9 Å². The molecule has 0 spiro atoms. The van der Waals surface area contributed by atoms with Gasteiger partial charge in [-0.25, -0.2) is 0 Å². The molecule has 2 heterocycles. The van der Waals surface area contributed by atoms with Gasteiger partial charge in [0.05, 0.1) is 6.61 Å². The largest absolute Gasteiger partial charge is 0.394 e. The Morgan fingerprint density at radius 1 is 1.24 bits per heavy atom. The minimum absolute atomic E-state index is 0.0383. The van der Waals surface area contributed by atoms with Crippen LogP contribution in [0, 0.1) is 5.92 Å². The average Bonchev–Trinajstić information content (AvgIpc) is 2.94. The second-order valence-corrected chi connectivity index (χ2v) is 5.52. The minimum atomic E-state index is -0.581. The molecule has 4 nitrogen and oxygen atoms in total. The van der Waals surface area contributed by atoms with Crippen LogP contribution in [0.3, 0.4) is 0 Å². The smallest absolute Gasteiger partial charge is 0.164 e. The molecule has 0 amide bonds. The fraction of sp³-hybridized carbons (Fsp3) is 0.846. The molecule has 0 saturated carbocycles. The van der Waals surface area contributed by atoms with E-state index in [1.54, 1.807) is 0 Å². The Morgan fingerprint density at radius 3 is 2.47 bits per heavy atom. The summed E-state index contributed by atoms with van der Waals surface area (Å²) in [7, 11) is 0. The standard InChI is InChI=1S/C13H22O4/c1-8(2)5-6-9-12(11-10(7-14)15-11)17-13(3,4)16-9/h5-6,8-12,14H,7H2,1-4H3/b6-5+/t9-,10+,11-,12+/m1/s1. The van der Waals surface area contributed by atoms with E-state index in [4.69, 9.17) is 19.3 Å². The van der Waals surface area contributed by atoms with Crippen LogP contribution in [0.5, 0.6) is 0 Å². The summed E-state index contributed by atoms with van der Waals surface area (Å²) in [6, 6.07) is 0. The number of allylic oxidation sites excluding steroid dienone is 1. The van der Waals surface area contributed by atoms with Gasteiger partial charge in [0.15, 0.2) is 5.79 Å². The van der Waals surface area contributed by atoms with E-state index in [0.29, 0.717) is 5.92 Å². The molecule has 0 aromatic carbocycles. The molecule has 98 valence electrons. The van der Waals surface area contributed by atoms with Gasteiger partial charge in [-0.1, -0.05) is 26.0 Å². The highest BCUT2D eigenvalue weighted by atomic mass is 16.8. The summed E-state index contributed by atoms with van der Waals surface area (Å²) in [4.78, 5) is 0. The topological polar surface area (TPSA) is 51.2 Å². The molecule has 0 unspecified atom stereocenters. The molecule has 0 aliphatic carbocycles. The highest BCUT2D eigenvalue weighted by molar-refractivity contribution is 5.06. The minimum Gasteiger partial charge on any atom is -0.394 e. The zero-order valence-electron chi connectivity index (χ0n) is 10.9. The molecule has 4 atom stereocenters. The number of rotatable bonds is 4. The van der Waals surface area contributed by atoms with Crippen LogP contribution in [0.4, 0.5) is 0 Å². The number of hydrogen-bond donors (Lipinski definition) is 1. The lowest BCUT2D eigenvalue weighted by atomic mass is 10.1. The Kier molecular flexibility index (Phi) is 3.59. The molecule has 17 heavy (non-hydrogen) atoms. The first-order chi connectivity index (χ1) is 7.93. The number of aliphatic hydroxyl groups excluding tert-OH is 1. The van der Waals surface area contributed by atoms with Gasteiger partial charge in [-0.05, 0) is 19.8 Å². The van der Waals surface area contributed by atoms with Gasteiger partial charge in [-0.3, -0.25) is 0 Å². The number of ether oxygens (including phenoxy) is 3. The lowest BCUT2D eigenvalue weighted by Crippen LogP contribution is -2.29. The summed E-state index contributed by atoms with van der Waals surface area (Å²) in [5, 5.41) is 9.03. The van der Waals surface area contributed by atoms with Gasteiger partial charge in [0.1, 0.15) is 24.4 Å². The first-order valence-electron chi connectivity index (χ1n) is 6.23. The molecule has 2 rings (SSSR count). The summed E-state index contributed by atoms with van der Waals surface area (Å²) in [5.74, 6) is -0.0977. The van der Waals surface area contributed by atoms with Crippen LogP contribution in [-0.4, -0.2) is 41.9 Å². The SMILES string of the molecule is CC(C)/C=C/[C@H]1OC(C)(C)O[C@@H]1[C@@H]1O[C@H]1CO. The third-order valence-electron chi connectivity index (χ3n) is 2.97. The van der Waals surface area contributed by atoms with Gasteiger partial charge >= 0.3 is 0 Å². The van der Waals surface area contributed by atoms with E-state index in [0.717, 1.165) is 0 Å². The van der Waals surface area contributed by atoms with Crippen molar-refractivity contribution in [3.63, 3.8) is 0 Å². The molecule has 1 N–H and O–H groups in total. The van der Waals surface area contributed by atoms with Gasteiger partial charge in [-0.15, -0.1) is 0 Å². The van der Waals surface area contributed by atoms with Crippen molar-refractivity contribution in [1.82, 2.24) is 0 Å². The Bertz CT molecular complexity index is 298. The molecular weight excluding hydrogens is 220 g/mol. The molecule has 0 radical (unpaired) electrons. The van der Waals surface area contributed by atoms with Gasteiger partial charge in [-0.2, -0.15) is 0 Å². The van der Waals surface area contributed by atoms with Crippen LogP contribution in [0.15, 0.2) is 12.2 Å². The molecule has 0 bridgehead atoms. The summed E-state index contributed by atoms with van der Waals surface area (Å²) >= 11 is 0. The van der Waals surface area contributed by atoms with Crippen LogP contribution in [0.1, 0.15) is 27.7 Å². The summed E-state index contributed by atoms with van der Waals surface area (Å²) in [6.07, 6.45) is 3.82. The Morgan fingerprint density at radius 2 is 1.94 bits per heavy atom. The Balaban J connectivity index is 2.02. The lowest BCUT2D eigenvalue weighted by Gasteiger charge is -2.16. The van der Waals surface area contributed by atoms with Crippen molar-refractivity contribution >= 4 is 0 Å². The monoisotopic (exact) mass is 242 g/mol. The highest BCUT2D eigenvalue weighted by Crippen LogP contribution is 2.38. The van der Waals surface area contributed by atoms with Gasteiger partial charge in [0.25, 0.3) is 0 Å². The van der Waals surface area contributed by atoms with E-state index >= 15 is 0 Å². The molecule has 2 aliphatic heterocycles. The van der Waals surface area contributed by atoms with E-state index < -0.39 is 5.79 Å². The summed E-state index contributed by atoms with van der Waals surface area (Å²) in [6.45, 7) is 8.10. The fourth-order valence-corrected chi connectivity index (χ4v) is 2.14. The number of epoxide rings is 1. The van der Waals surface area contributed by atoms with E-state index in [-0.39, 0.29) is 31.0 Å². The van der Waals surface area contributed by atoms with Gasteiger partial charge in [0.2, 0.25) is 0 Å². The maximum atomic E-state index is 9.03. The third kappa shape index (κ3) is 3.07. The lowest BCUT2D eigenvalue weighted by molar-refractivity contribution is -0.144. The van der Waals surface area contributed by atoms with Crippen LogP contribution in [0.2, 0.25) is 0 Å². The molecule has 2 fully saturated rings. The van der Waals surface area contributed by atoms with Crippen LogP contribution in [-0.2, 0) is 14.2 Å². The molecule has 2 aliphatic rings. The molecule has 4 heteroatoms. The third-order valence-corrected chi connectivity index (χ3v) is 2.97. The first kappa shape index (κ1) is 13.0. The quantitative estimate of drug-likeness (QED) is 0.599. The maximum absolute atomic E-state index is 9.03. The summed E-state index contributed by atoms with van der Waals surface area (Å²) in [5.41, 5.74) is 0. The van der Waals surface area contributed by atoms with Crippen LogP contribution < -0.4 is 0 Å². The summed E-state index contributed by atoms with van der Waals surface area (Å²) < 4.78 is 17.1. The van der Waals surface area contributed by atoms with Crippen molar-refractivity contribution in [2.45, 2.75) is 57.9 Å². The van der Waals surface area contributed by atoms with Crippen molar-refractivity contribution in [2.75, 3.05) is 6.61 Å². The van der Waals surface area contributed by atoms with Crippen LogP contribution >= 0.6 is 0 Å². The van der Waals surface area contributed by atoms with Crippen LogP contribution in [0.25, 0.3) is 0 Å². The second-order valence-electron chi connectivity index (χ2n) is 5.52. The normalized spacial score (nSPS) is 40.4. The van der Waals surface area contributed by atoms with E-state index in [1.165, 1.54) is 0 Å². The van der Waals surface area contributed by atoms with Crippen molar-refractivity contribution in [3.05, 3.63) is 12.2 Å². The van der Waals surface area contributed by atoms with E-state index in [9.17, 15) is 0 Å². The molecular formula is C13H22O4. The molecule has 0 aromatic heterocycles. The van der Waals surface area contributed by atoms with Gasteiger partial charge in [0, 0.05) is 0 Å². The number of aliphatic hydroxyl groups is 1. The molecule has 2 saturated heterocycles. The predicted octanol–water partition coefficient (Wildman–Crippen LogP) is 1.48. The van der Waals surface area contributed by atoms with Crippen molar-refractivity contribution in [3.8, 4) is 0 Å². The first-order valence-corrected chi connectivity index (χ1v) is 6.23. The van der Waals surface area contributed by atoms with Crippen molar-refractivity contribution in [1.29, 1.82) is 0 Å². The van der Waals surface area contributed by atoms with E-state index in [1.807, 2.05) is 19.9 Å². The highest BCUT2D eigenvalue weighted by Gasteiger charge is 2.54. The maximum Gasteiger partial charge on any atom is 0.164 e.